The summed E-state index contributed by atoms with van der Waals surface area (Å²) in [5.74, 6) is -2.00. The average Bonchev–Trinajstić information content (AvgIpc) is 3.57. The van der Waals surface area contributed by atoms with Crippen LogP contribution in [0, 0.1) is 0 Å². The van der Waals surface area contributed by atoms with Crippen molar-refractivity contribution in [2.45, 2.75) is 347 Å². The van der Waals surface area contributed by atoms with Crippen LogP contribution in [0.2, 0.25) is 0 Å². The number of likely N-dealkylation sites (N-methyl/N-ethyl adjacent to an activating group) is 1. The first-order valence-electron chi connectivity index (χ1n) is 36.8. The number of carbonyl (C=O) groups excluding carboxylic acids is 2. The third kappa shape index (κ3) is 69.8. The van der Waals surface area contributed by atoms with Gasteiger partial charge in [-0.25, -0.2) is 4.79 Å². The van der Waals surface area contributed by atoms with Gasteiger partial charge in [0.25, 0.3) is 6.29 Å². The molecule has 2 atom stereocenters. The molecule has 0 aliphatic heterocycles. The molecule has 0 radical (unpaired) electrons. The van der Waals surface area contributed by atoms with Crippen LogP contribution >= 0.6 is 0 Å². The minimum Gasteiger partial charge on any atom is -0.477 e. The molecule has 0 aromatic heterocycles. The normalized spacial score (nSPS) is 13.2. The number of ether oxygens (including phenoxy) is 4. The van der Waals surface area contributed by atoms with Crippen molar-refractivity contribution < 1.29 is 42.9 Å². The zero-order chi connectivity index (χ0) is 63.3. The largest absolute Gasteiger partial charge is 0.477 e. The molecule has 0 saturated heterocycles. The number of aliphatic carboxylic acids is 1. The lowest BCUT2D eigenvalue weighted by Crippen LogP contribution is -2.40. The van der Waals surface area contributed by atoms with E-state index in [9.17, 15) is 19.5 Å². The van der Waals surface area contributed by atoms with Crippen LogP contribution in [0.15, 0.2) is 85.1 Å². The summed E-state index contributed by atoms with van der Waals surface area (Å²) in [5, 5.41) is 9.76. The minimum atomic E-state index is -1.52. The first-order chi connectivity index (χ1) is 42.6. The van der Waals surface area contributed by atoms with Crippen molar-refractivity contribution in [3.63, 3.8) is 0 Å². The van der Waals surface area contributed by atoms with Crippen LogP contribution in [-0.2, 0) is 33.3 Å². The maximum atomic E-state index is 13.0. The lowest BCUT2D eigenvalue weighted by atomic mass is 10.0. The van der Waals surface area contributed by atoms with E-state index in [1.807, 2.05) is 21.1 Å². The number of unbranched alkanes of at least 4 members (excludes halogenated alkanes) is 39. The van der Waals surface area contributed by atoms with Crippen LogP contribution in [0.4, 0.5) is 0 Å². The molecular weight excluding hydrogens is 1080 g/mol. The second kappa shape index (κ2) is 68.4. The molecule has 0 saturated carbocycles. The minimum absolute atomic E-state index is 0.184. The summed E-state index contributed by atoms with van der Waals surface area (Å²) in [5.41, 5.74) is 0. The number of rotatable bonds is 68. The molecule has 1 N–H and O–H groups in total. The molecular formula is C78H140NO8+. The fourth-order valence-corrected chi connectivity index (χ4v) is 10.5. The number of carbonyl (C=O) groups is 3. The molecule has 0 aliphatic rings. The summed E-state index contributed by atoms with van der Waals surface area (Å²) in [7, 11) is 5.98. The zero-order valence-electron chi connectivity index (χ0n) is 57.7. The van der Waals surface area contributed by atoms with E-state index < -0.39 is 24.3 Å². The fraction of sp³-hybridized carbons (Fsp3) is 0.782. The van der Waals surface area contributed by atoms with Gasteiger partial charge in [-0.15, -0.1) is 0 Å². The highest BCUT2D eigenvalue weighted by Crippen LogP contribution is 2.18. The van der Waals surface area contributed by atoms with E-state index in [2.05, 4.69) is 98.9 Å². The Balaban J connectivity index is 4.08. The molecule has 504 valence electrons. The van der Waals surface area contributed by atoms with Gasteiger partial charge in [-0.2, -0.15) is 0 Å². The molecule has 0 spiro atoms. The summed E-state index contributed by atoms with van der Waals surface area (Å²) in [6, 6.07) is 0. The SMILES string of the molecule is CC/C=C\C/C=C\C/C=C\C/C=C\C/C=C\C/C=C\CCCCCCCCCCCCC(=O)OC(COC(=O)CCCCCCCCCCCCCCCCCCCCCCC/C=C\CCCCCCCCCC)COC(OCC[N+](C)(C)C)C(=O)O. The Bertz CT molecular complexity index is 1700. The molecule has 9 nitrogen and oxygen atoms in total. The summed E-state index contributed by atoms with van der Waals surface area (Å²) < 4.78 is 23.0. The van der Waals surface area contributed by atoms with Gasteiger partial charge >= 0.3 is 17.9 Å². The quantitative estimate of drug-likeness (QED) is 0.0211. The van der Waals surface area contributed by atoms with Gasteiger partial charge < -0.3 is 28.5 Å². The van der Waals surface area contributed by atoms with Gasteiger partial charge in [-0.1, -0.05) is 317 Å². The molecule has 0 fully saturated rings. The second-order valence-corrected chi connectivity index (χ2v) is 25.9. The van der Waals surface area contributed by atoms with Crippen LogP contribution in [0.1, 0.15) is 335 Å². The maximum Gasteiger partial charge on any atom is 0.361 e. The van der Waals surface area contributed by atoms with Crippen LogP contribution in [0.25, 0.3) is 0 Å². The standard InChI is InChI=1S/C78H139NO8/c1-6-8-10-12-14-16-18-20-22-24-26-28-30-32-34-36-37-38-39-41-42-44-46-48-50-52-54-56-58-60-62-64-66-68-75(80)85-72-74(73-86-78(77(82)83)84-71-70-79(3,4)5)87-76(81)69-67-65-63-61-59-57-55-53-51-49-47-45-43-40-35-33-31-29-27-25-23-21-19-17-15-13-11-9-7-2/h9,11,15,17,21,23-24,26-27,29,33,35,43,45,74,78H,6-8,10,12-14,16,18-20,22,25,28,30-32,34,36-42,44,46-73H2,1-5H3/p+1/b11-9-,17-15-,23-21-,26-24-,29-27-,35-33-,45-43-. The highest BCUT2D eigenvalue weighted by atomic mass is 16.7. The lowest BCUT2D eigenvalue weighted by Gasteiger charge is -2.25. The Morgan fingerprint density at radius 2 is 0.655 bits per heavy atom. The number of hydrogen-bond acceptors (Lipinski definition) is 7. The molecule has 0 aromatic carbocycles. The number of allylic oxidation sites excluding steroid dienone is 14. The molecule has 0 bridgehead atoms. The summed E-state index contributed by atoms with van der Waals surface area (Å²) in [6.07, 6.45) is 90.0. The lowest BCUT2D eigenvalue weighted by molar-refractivity contribution is -0.870. The van der Waals surface area contributed by atoms with Gasteiger partial charge in [-0.3, -0.25) is 9.59 Å². The molecule has 0 aliphatic carbocycles. The molecule has 87 heavy (non-hydrogen) atoms. The Kier molecular flexibility index (Phi) is 65.6. The Morgan fingerprint density at radius 1 is 0.356 bits per heavy atom. The summed E-state index contributed by atoms with van der Waals surface area (Å²) >= 11 is 0. The number of esters is 2. The van der Waals surface area contributed by atoms with Crippen molar-refractivity contribution in [1.82, 2.24) is 0 Å². The third-order valence-electron chi connectivity index (χ3n) is 16.1. The Labute approximate surface area is 538 Å². The van der Waals surface area contributed by atoms with Crippen LogP contribution in [-0.4, -0.2) is 87.4 Å². The number of carboxylic acids is 1. The predicted molar refractivity (Wildman–Crippen MR) is 373 cm³/mol. The van der Waals surface area contributed by atoms with E-state index >= 15 is 0 Å². The van der Waals surface area contributed by atoms with Crippen LogP contribution in [0.3, 0.4) is 0 Å². The Hall–Kier alpha value is -3.53. The highest BCUT2D eigenvalue weighted by Gasteiger charge is 2.25. The number of quaternary nitrogens is 1. The molecule has 0 rings (SSSR count). The molecule has 2 unspecified atom stereocenters. The number of hydrogen-bond donors (Lipinski definition) is 1. The molecule has 9 heteroatoms. The highest BCUT2D eigenvalue weighted by molar-refractivity contribution is 5.71. The van der Waals surface area contributed by atoms with Gasteiger partial charge in [-0.05, 0) is 89.9 Å². The zero-order valence-corrected chi connectivity index (χ0v) is 57.7. The van der Waals surface area contributed by atoms with Gasteiger partial charge in [0.05, 0.1) is 34.4 Å². The van der Waals surface area contributed by atoms with E-state index in [1.54, 1.807) is 0 Å². The van der Waals surface area contributed by atoms with Crippen molar-refractivity contribution in [1.29, 1.82) is 0 Å². The predicted octanol–water partition coefficient (Wildman–Crippen LogP) is 23.0. The van der Waals surface area contributed by atoms with Gasteiger partial charge in [0.2, 0.25) is 0 Å². The van der Waals surface area contributed by atoms with Crippen molar-refractivity contribution in [3.05, 3.63) is 85.1 Å². The molecule has 0 amide bonds. The fourth-order valence-electron chi connectivity index (χ4n) is 10.5. The van der Waals surface area contributed by atoms with Gasteiger partial charge in [0.15, 0.2) is 6.10 Å². The van der Waals surface area contributed by atoms with Gasteiger partial charge in [0.1, 0.15) is 13.2 Å². The summed E-state index contributed by atoms with van der Waals surface area (Å²) in [4.78, 5) is 37.7. The van der Waals surface area contributed by atoms with E-state index in [-0.39, 0.29) is 32.2 Å². The van der Waals surface area contributed by atoms with E-state index in [4.69, 9.17) is 18.9 Å². The Morgan fingerprint density at radius 3 is 0.989 bits per heavy atom. The van der Waals surface area contributed by atoms with E-state index in [0.29, 0.717) is 23.9 Å². The van der Waals surface area contributed by atoms with Crippen LogP contribution < -0.4 is 0 Å². The number of carboxylic acid groups (broad SMARTS) is 1. The maximum absolute atomic E-state index is 13.0. The number of nitrogens with zero attached hydrogens (tertiary/aromatic N) is 1. The van der Waals surface area contributed by atoms with E-state index in [1.165, 1.54) is 218 Å². The molecule has 0 aromatic rings. The van der Waals surface area contributed by atoms with E-state index in [0.717, 1.165) is 83.5 Å². The monoisotopic (exact) mass is 1220 g/mol. The average molecular weight is 1220 g/mol. The topological polar surface area (TPSA) is 108 Å². The first kappa shape index (κ1) is 83.5. The van der Waals surface area contributed by atoms with Crippen molar-refractivity contribution >= 4 is 17.9 Å². The van der Waals surface area contributed by atoms with Crippen molar-refractivity contribution in [3.8, 4) is 0 Å². The van der Waals surface area contributed by atoms with Crippen molar-refractivity contribution in [2.24, 2.45) is 0 Å². The third-order valence-corrected chi connectivity index (χ3v) is 16.1. The van der Waals surface area contributed by atoms with Gasteiger partial charge in [0, 0.05) is 12.8 Å². The second-order valence-electron chi connectivity index (χ2n) is 25.9. The smallest absolute Gasteiger partial charge is 0.361 e. The summed E-state index contributed by atoms with van der Waals surface area (Å²) in [6.45, 7) is 4.80. The first-order valence-corrected chi connectivity index (χ1v) is 36.8. The van der Waals surface area contributed by atoms with Crippen LogP contribution in [0.5, 0.6) is 0 Å². The van der Waals surface area contributed by atoms with Crippen molar-refractivity contribution in [2.75, 3.05) is 47.5 Å². The molecule has 0 heterocycles.